The first-order valence-electron chi connectivity index (χ1n) is 3.87. The summed E-state index contributed by atoms with van der Waals surface area (Å²) in [5.74, 6) is 0. The molecule has 1 aliphatic carbocycles. The summed E-state index contributed by atoms with van der Waals surface area (Å²) in [6.07, 6.45) is 3.31. The Labute approximate surface area is 81.0 Å². The molecule has 1 fully saturated rings. The van der Waals surface area contributed by atoms with Crippen molar-refractivity contribution in [2.75, 3.05) is 0 Å². The van der Waals surface area contributed by atoms with Crippen LogP contribution in [0.1, 0.15) is 25.7 Å². The molecule has 0 unspecified atom stereocenters. The molecule has 0 nitrogen and oxygen atoms in total. The summed E-state index contributed by atoms with van der Waals surface area (Å²) in [5, 5.41) is -4.22. The molecular weight excluding hydrogens is 255 g/mol. The molecule has 2 atom stereocenters. The van der Waals surface area contributed by atoms with Crippen LogP contribution in [0, 0.1) is 0 Å². The maximum absolute atomic E-state index is 12.0. The Morgan fingerprint density at radius 3 is 2.25 bits per heavy atom. The molecule has 0 heterocycles. The first-order chi connectivity index (χ1) is 5.49. The molecule has 0 radical (unpaired) electrons. The molecule has 0 aliphatic heterocycles. The second-order valence-electron chi connectivity index (χ2n) is 2.90. The van der Waals surface area contributed by atoms with Crippen LogP contribution in [-0.4, -0.2) is 25.4 Å². The van der Waals surface area contributed by atoms with Gasteiger partial charge in [-0.3, -0.25) is 0 Å². The molecular formula is C7H10ClF3Se. The van der Waals surface area contributed by atoms with Crippen LogP contribution >= 0.6 is 11.6 Å². The van der Waals surface area contributed by atoms with Crippen molar-refractivity contribution in [3.8, 4) is 0 Å². The average Bonchev–Trinajstić information content (AvgIpc) is 1.91. The number of hydrogen-bond donors (Lipinski definition) is 0. The van der Waals surface area contributed by atoms with E-state index >= 15 is 0 Å². The van der Waals surface area contributed by atoms with Crippen LogP contribution in [0.15, 0.2) is 0 Å². The summed E-state index contributed by atoms with van der Waals surface area (Å²) in [6, 6.07) is 0. The fourth-order valence-electron chi connectivity index (χ4n) is 1.36. The molecule has 72 valence electrons. The van der Waals surface area contributed by atoms with Gasteiger partial charge in [0, 0.05) is 0 Å². The minimum absolute atomic E-state index is 0.236. The van der Waals surface area contributed by atoms with Crippen LogP contribution in [-0.2, 0) is 0 Å². The summed E-state index contributed by atoms with van der Waals surface area (Å²) in [6.45, 7) is 0. The molecule has 0 bridgehead atoms. The molecule has 1 aliphatic rings. The van der Waals surface area contributed by atoms with Crippen LogP contribution in [0.4, 0.5) is 13.2 Å². The Kier molecular flexibility index (Phi) is 3.74. The molecule has 1 rings (SSSR count). The van der Waals surface area contributed by atoms with Crippen LogP contribution in [0.3, 0.4) is 0 Å². The van der Waals surface area contributed by atoms with Gasteiger partial charge in [0.15, 0.2) is 0 Å². The van der Waals surface area contributed by atoms with E-state index in [1.165, 1.54) is 0 Å². The SMILES string of the molecule is FC(F)(F)[Se][C@@H]1CCCC[C@H]1Cl. The second kappa shape index (κ2) is 4.21. The van der Waals surface area contributed by atoms with E-state index in [9.17, 15) is 13.2 Å². The minimum atomic E-state index is -3.98. The average molecular weight is 266 g/mol. The van der Waals surface area contributed by atoms with E-state index in [1.807, 2.05) is 0 Å². The maximum atomic E-state index is 12.0. The van der Waals surface area contributed by atoms with Crippen molar-refractivity contribution in [1.29, 1.82) is 0 Å². The quantitative estimate of drug-likeness (QED) is 0.505. The molecule has 0 aromatic heterocycles. The van der Waals surface area contributed by atoms with E-state index in [-0.39, 0.29) is 10.2 Å². The van der Waals surface area contributed by atoms with Crippen LogP contribution in [0.5, 0.6) is 0 Å². The van der Waals surface area contributed by atoms with Gasteiger partial charge in [-0.15, -0.1) is 0 Å². The van der Waals surface area contributed by atoms with Gasteiger partial charge in [0.1, 0.15) is 0 Å². The molecule has 5 heteroatoms. The predicted octanol–water partition coefficient (Wildman–Crippen LogP) is 3.18. The second-order valence-corrected chi connectivity index (χ2v) is 6.20. The predicted molar refractivity (Wildman–Crippen MR) is 43.7 cm³/mol. The van der Waals surface area contributed by atoms with Crippen molar-refractivity contribution in [1.82, 2.24) is 0 Å². The van der Waals surface area contributed by atoms with Crippen LogP contribution in [0.25, 0.3) is 0 Å². The zero-order valence-electron chi connectivity index (χ0n) is 6.40. The van der Waals surface area contributed by atoms with Crippen molar-refractivity contribution in [3.05, 3.63) is 0 Å². The zero-order valence-corrected chi connectivity index (χ0v) is 8.87. The standard InChI is InChI=1S/C7H10ClF3Se/c8-5-3-1-2-4-6(5)12-7(9,10)11/h5-6H,1-4H2/t5-,6-/m1/s1. The van der Waals surface area contributed by atoms with Gasteiger partial charge < -0.3 is 0 Å². The van der Waals surface area contributed by atoms with Crippen molar-refractivity contribution in [2.45, 2.75) is 41.0 Å². The normalized spacial score (nSPS) is 32.0. The van der Waals surface area contributed by atoms with E-state index in [1.54, 1.807) is 0 Å². The third kappa shape index (κ3) is 3.54. The van der Waals surface area contributed by atoms with Crippen LogP contribution < -0.4 is 0 Å². The van der Waals surface area contributed by atoms with Crippen LogP contribution in [0.2, 0.25) is 4.82 Å². The molecule has 0 aromatic carbocycles. The van der Waals surface area contributed by atoms with Crippen molar-refractivity contribution < 1.29 is 13.2 Å². The first-order valence-corrected chi connectivity index (χ1v) is 6.16. The summed E-state index contributed by atoms with van der Waals surface area (Å²) in [7, 11) is 0. The van der Waals surface area contributed by atoms with Gasteiger partial charge in [-0.1, -0.05) is 0 Å². The molecule has 0 N–H and O–H groups in total. The van der Waals surface area contributed by atoms with Gasteiger partial charge in [0.05, 0.1) is 0 Å². The topological polar surface area (TPSA) is 0 Å². The Hall–Kier alpha value is 0.599. The van der Waals surface area contributed by atoms with E-state index in [0.717, 1.165) is 19.3 Å². The summed E-state index contributed by atoms with van der Waals surface area (Å²) in [4.78, 5) is -0.284. The van der Waals surface area contributed by atoms with Gasteiger partial charge in [-0.2, -0.15) is 0 Å². The Balaban J connectivity index is 2.39. The number of rotatable bonds is 1. The zero-order chi connectivity index (χ0) is 9.19. The van der Waals surface area contributed by atoms with Crippen molar-refractivity contribution in [2.24, 2.45) is 0 Å². The van der Waals surface area contributed by atoms with Gasteiger partial charge in [0.2, 0.25) is 0 Å². The van der Waals surface area contributed by atoms with Gasteiger partial charge >= 0.3 is 80.7 Å². The summed E-state index contributed by atoms with van der Waals surface area (Å²) in [5.41, 5.74) is 0. The molecule has 0 spiro atoms. The molecule has 12 heavy (non-hydrogen) atoms. The first kappa shape index (κ1) is 10.7. The summed E-state index contributed by atoms with van der Waals surface area (Å²) < 4.78 is 35.9. The van der Waals surface area contributed by atoms with Gasteiger partial charge in [-0.05, 0) is 0 Å². The molecule has 0 saturated heterocycles. The summed E-state index contributed by atoms with van der Waals surface area (Å²) >= 11 is 4.53. The van der Waals surface area contributed by atoms with Crippen molar-refractivity contribution in [3.63, 3.8) is 0 Å². The third-order valence-electron chi connectivity index (χ3n) is 1.91. The molecule has 1 saturated carbocycles. The number of alkyl halides is 4. The number of hydrogen-bond acceptors (Lipinski definition) is 0. The van der Waals surface area contributed by atoms with Gasteiger partial charge in [0.25, 0.3) is 0 Å². The third-order valence-corrected chi connectivity index (χ3v) is 5.15. The van der Waals surface area contributed by atoms with E-state index in [2.05, 4.69) is 0 Å². The monoisotopic (exact) mass is 266 g/mol. The molecule has 0 aromatic rings. The Morgan fingerprint density at radius 1 is 1.17 bits per heavy atom. The fraction of sp³-hybridized carbons (Fsp3) is 1.00. The Bertz CT molecular complexity index is 148. The number of halogens is 4. The molecule has 0 amide bonds. The van der Waals surface area contributed by atoms with E-state index < -0.39 is 20.0 Å². The van der Waals surface area contributed by atoms with E-state index in [0.29, 0.717) is 6.42 Å². The van der Waals surface area contributed by atoms with Crippen molar-refractivity contribution >= 4 is 26.6 Å². The van der Waals surface area contributed by atoms with E-state index in [4.69, 9.17) is 11.6 Å². The Morgan fingerprint density at radius 2 is 1.75 bits per heavy atom. The fourth-order valence-corrected chi connectivity index (χ4v) is 3.82. The van der Waals surface area contributed by atoms with Gasteiger partial charge in [-0.25, -0.2) is 0 Å².